The molecule has 2 aromatic heterocycles. The van der Waals surface area contributed by atoms with Gasteiger partial charge in [-0.05, 0) is 25.8 Å². The van der Waals surface area contributed by atoms with Gasteiger partial charge in [-0.25, -0.2) is 4.98 Å². The molecule has 0 aliphatic carbocycles. The minimum atomic E-state index is 0.135. The van der Waals surface area contributed by atoms with Gasteiger partial charge in [-0.3, -0.25) is 0 Å². The summed E-state index contributed by atoms with van der Waals surface area (Å²) in [6.07, 6.45) is 9.94. The van der Waals surface area contributed by atoms with Gasteiger partial charge >= 0.3 is 6.01 Å². The Morgan fingerprint density at radius 3 is 2.81 bits per heavy atom. The van der Waals surface area contributed by atoms with Gasteiger partial charge in [-0.2, -0.15) is 4.98 Å². The van der Waals surface area contributed by atoms with E-state index in [1.807, 2.05) is 13.0 Å². The largest absolute Gasteiger partial charge is 0.460 e. The van der Waals surface area contributed by atoms with E-state index in [1.54, 1.807) is 6.20 Å². The van der Waals surface area contributed by atoms with E-state index in [4.69, 9.17) is 9.15 Å². The van der Waals surface area contributed by atoms with Crippen molar-refractivity contribution in [2.24, 2.45) is 0 Å². The molecule has 2 rings (SSSR count). The zero-order chi connectivity index (χ0) is 15.1. The summed E-state index contributed by atoms with van der Waals surface area (Å²) in [6.45, 7) is 6.40. The summed E-state index contributed by atoms with van der Waals surface area (Å²) in [4.78, 5) is 8.62. The number of hydrogen-bond donors (Lipinski definition) is 0. The van der Waals surface area contributed by atoms with Crippen molar-refractivity contribution in [1.82, 2.24) is 9.97 Å². The highest BCUT2D eigenvalue weighted by Gasteiger charge is 2.10. The van der Waals surface area contributed by atoms with Gasteiger partial charge in [0.2, 0.25) is 5.71 Å². The molecule has 0 bridgehead atoms. The van der Waals surface area contributed by atoms with Crippen LogP contribution in [-0.2, 0) is 6.42 Å². The smallest absolute Gasteiger partial charge is 0.319 e. The lowest BCUT2D eigenvalue weighted by Crippen LogP contribution is -2.12. The Bertz CT molecular complexity index is 551. The highest BCUT2D eigenvalue weighted by molar-refractivity contribution is 5.73. The van der Waals surface area contributed by atoms with Gasteiger partial charge < -0.3 is 9.15 Å². The Labute approximate surface area is 126 Å². The number of nitrogens with zero attached hydrogens (tertiary/aromatic N) is 2. The number of rotatable bonds is 9. The first-order chi connectivity index (χ1) is 10.2. The molecule has 21 heavy (non-hydrogen) atoms. The molecule has 4 nitrogen and oxygen atoms in total. The number of furan rings is 1. The molecule has 0 aliphatic heterocycles. The molecule has 2 aromatic rings. The molecular weight excluding hydrogens is 264 g/mol. The lowest BCUT2D eigenvalue weighted by atomic mass is 10.1. The average Bonchev–Trinajstić information content (AvgIpc) is 2.86. The van der Waals surface area contributed by atoms with Gasteiger partial charge in [0.15, 0.2) is 0 Å². The summed E-state index contributed by atoms with van der Waals surface area (Å²) in [5.41, 5.74) is 0.634. The maximum atomic E-state index is 5.80. The van der Waals surface area contributed by atoms with E-state index in [1.165, 1.54) is 19.3 Å². The molecule has 0 saturated heterocycles. The maximum Gasteiger partial charge on any atom is 0.319 e. The van der Waals surface area contributed by atoms with Crippen molar-refractivity contribution < 1.29 is 9.15 Å². The molecule has 0 saturated carbocycles. The van der Waals surface area contributed by atoms with Gasteiger partial charge in [0.25, 0.3) is 0 Å². The fourth-order valence-corrected chi connectivity index (χ4v) is 2.42. The first-order valence-corrected chi connectivity index (χ1v) is 8.15. The van der Waals surface area contributed by atoms with Crippen LogP contribution < -0.4 is 4.74 Å². The van der Waals surface area contributed by atoms with E-state index >= 15 is 0 Å². The molecule has 2 heterocycles. The van der Waals surface area contributed by atoms with Crippen LogP contribution in [0.2, 0.25) is 0 Å². The fourth-order valence-electron chi connectivity index (χ4n) is 2.42. The minimum Gasteiger partial charge on any atom is -0.460 e. The van der Waals surface area contributed by atoms with Gasteiger partial charge in [0.1, 0.15) is 5.76 Å². The predicted molar refractivity (Wildman–Crippen MR) is 84.6 cm³/mol. The second-order valence-corrected chi connectivity index (χ2v) is 5.65. The molecule has 0 amide bonds. The molecule has 1 unspecified atom stereocenters. The number of aromatic nitrogens is 2. The summed E-state index contributed by atoms with van der Waals surface area (Å²) in [5, 5.41) is 0.955. The zero-order valence-corrected chi connectivity index (χ0v) is 13.4. The topological polar surface area (TPSA) is 48.2 Å². The van der Waals surface area contributed by atoms with E-state index in [0.29, 0.717) is 11.7 Å². The standard InChI is InChI=1S/C17H26N2O2/c1-4-6-7-8-10-15-11-14-12-18-17(19-16(14)21-15)20-13(3)9-5-2/h11-13H,4-10H2,1-3H3. The first-order valence-electron chi connectivity index (χ1n) is 8.15. The second kappa shape index (κ2) is 8.01. The van der Waals surface area contributed by atoms with Crippen LogP contribution in [0.15, 0.2) is 16.7 Å². The molecule has 0 radical (unpaired) electrons. The van der Waals surface area contributed by atoms with Crippen molar-refractivity contribution >= 4 is 11.1 Å². The van der Waals surface area contributed by atoms with Crippen LogP contribution >= 0.6 is 0 Å². The Morgan fingerprint density at radius 1 is 1.19 bits per heavy atom. The number of aryl methyl sites for hydroxylation is 1. The van der Waals surface area contributed by atoms with Crippen molar-refractivity contribution in [1.29, 1.82) is 0 Å². The van der Waals surface area contributed by atoms with Gasteiger partial charge in [0, 0.05) is 12.6 Å². The van der Waals surface area contributed by atoms with Crippen LogP contribution in [0.3, 0.4) is 0 Å². The quantitative estimate of drug-likeness (QED) is 0.615. The van der Waals surface area contributed by atoms with Gasteiger partial charge in [0.05, 0.1) is 11.5 Å². The highest BCUT2D eigenvalue weighted by atomic mass is 16.5. The Hall–Kier alpha value is -1.58. The molecule has 4 heteroatoms. The molecule has 0 fully saturated rings. The van der Waals surface area contributed by atoms with Crippen molar-refractivity contribution in [2.75, 3.05) is 0 Å². The van der Waals surface area contributed by atoms with E-state index in [9.17, 15) is 0 Å². The van der Waals surface area contributed by atoms with E-state index < -0.39 is 0 Å². The third kappa shape index (κ3) is 4.73. The minimum absolute atomic E-state index is 0.135. The van der Waals surface area contributed by atoms with Crippen LogP contribution in [0.4, 0.5) is 0 Å². The fraction of sp³-hybridized carbons (Fsp3) is 0.647. The number of hydrogen-bond acceptors (Lipinski definition) is 4. The third-order valence-electron chi connectivity index (χ3n) is 3.58. The summed E-state index contributed by atoms with van der Waals surface area (Å²) in [6, 6.07) is 2.45. The summed E-state index contributed by atoms with van der Waals surface area (Å²) in [7, 11) is 0. The van der Waals surface area contributed by atoms with E-state index in [-0.39, 0.29) is 6.10 Å². The van der Waals surface area contributed by atoms with Crippen molar-refractivity contribution in [3.63, 3.8) is 0 Å². The molecular formula is C17H26N2O2. The van der Waals surface area contributed by atoms with Crippen molar-refractivity contribution in [3.05, 3.63) is 18.0 Å². The normalized spacial score (nSPS) is 12.7. The Morgan fingerprint density at radius 2 is 2.05 bits per heavy atom. The second-order valence-electron chi connectivity index (χ2n) is 5.65. The van der Waals surface area contributed by atoms with Crippen molar-refractivity contribution in [2.45, 2.75) is 71.8 Å². The molecule has 0 spiro atoms. The SMILES string of the molecule is CCCCCCc1cc2cnc(OC(C)CCC)nc2o1. The average molecular weight is 290 g/mol. The molecule has 116 valence electrons. The molecule has 0 N–H and O–H groups in total. The van der Waals surface area contributed by atoms with Crippen LogP contribution in [-0.4, -0.2) is 16.1 Å². The lowest BCUT2D eigenvalue weighted by Gasteiger charge is -2.10. The number of ether oxygens (including phenoxy) is 1. The summed E-state index contributed by atoms with van der Waals surface area (Å²) in [5.74, 6) is 0.995. The van der Waals surface area contributed by atoms with Crippen LogP contribution in [0.1, 0.15) is 65.1 Å². The Balaban J connectivity index is 1.98. The number of unbranched alkanes of at least 4 members (excludes halogenated alkanes) is 3. The Kier molecular flexibility index (Phi) is 6.03. The first kappa shape index (κ1) is 15.8. The molecule has 0 aliphatic rings. The lowest BCUT2D eigenvalue weighted by molar-refractivity contribution is 0.192. The van der Waals surface area contributed by atoms with Gasteiger partial charge in [-0.1, -0.05) is 39.5 Å². The van der Waals surface area contributed by atoms with E-state index in [2.05, 4.69) is 23.8 Å². The number of fused-ring (bicyclic) bond motifs is 1. The zero-order valence-electron chi connectivity index (χ0n) is 13.4. The molecule has 1 atom stereocenters. The van der Waals surface area contributed by atoms with Crippen LogP contribution in [0.5, 0.6) is 6.01 Å². The maximum absolute atomic E-state index is 5.80. The van der Waals surface area contributed by atoms with Crippen LogP contribution in [0.25, 0.3) is 11.1 Å². The van der Waals surface area contributed by atoms with E-state index in [0.717, 1.165) is 36.8 Å². The summed E-state index contributed by atoms with van der Waals surface area (Å²) < 4.78 is 11.5. The molecule has 0 aromatic carbocycles. The third-order valence-corrected chi connectivity index (χ3v) is 3.58. The highest BCUT2D eigenvalue weighted by Crippen LogP contribution is 2.21. The van der Waals surface area contributed by atoms with Crippen LogP contribution in [0, 0.1) is 0 Å². The monoisotopic (exact) mass is 290 g/mol. The van der Waals surface area contributed by atoms with Gasteiger partial charge in [-0.15, -0.1) is 0 Å². The predicted octanol–water partition coefficient (Wildman–Crippen LogP) is 4.91. The summed E-state index contributed by atoms with van der Waals surface area (Å²) >= 11 is 0. The van der Waals surface area contributed by atoms with Crippen molar-refractivity contribution in [3.8, 4) is 6.01 Å².